The van der Waals surface area contributed by atoms with E-state index in [0.717, 1.165) is 24.4 Å². The molecule has 2 N–H and O–H groups in total. The summed E-state index contributed by atoms with van der Waals surface area (Å²) in [6.07, 6.45) is 2.71. The Morgan fingerprint density at radius 3 is 2.80 bits per heavy atom. The molecule has 0 aromatic heterocycles. The van der Waals surface area contributed by atoms with Gasteiger partial charge in [0, 0.05) is 12.6 Å². The molecule has 1 saturated heterocycles. The Hall–Kier alpha value is -0.0800. The zero-order valence-electron chi connectivity index (χ0n) is 6.59. The molecule has 1 aliphatic heterocycles. The standard InChI is InChI=1S/C8H16N2/c1-10-5-8(10)7-4-6(7)2-3-9/h6-8H,2-5,9H2,1H3. The molecule has 0 spiro atoms. The van der Waals surface area contributed by atoms with Crippen molar-refractivity contribution in [3.05, 3.63) is 0 Å². The second-order valence-electron chi connectivity index (χ2n) is 3.74. The van der Waals surface area contributed by atoms with Gasteiger partial charge in [-0.2, -0.15) is 0 Å². The Kier molecular flexibility index (Phi) is 1.46. The number of nitrogens with zero attached hydrogens (tertiary/aromatic N) is 1. The van der Waals surface area contributed by atoms with Crippen LogP contribution in [0.2, 0.25) is 0 Å². The van der Waals surface area contributed by atoms with Crippen LogP contribution >= 0.6 is 0 Å². The second kappa shape index (κ2) is 2.21. The second-order valence-corrected chi connectivity index (χ2v) is 3.74. The zero-order chi connectivity index (χ0) is 7.14. The zero-order valence-corrected chi connectivity index (χ0v) is 6.59. The highest BCUT2D eigenvalue weighted by Gasteiger charge is 2.49. The molecule has 2 fully saturated rings. The van der Waals surface area contributed by atoms with Crippen molar-refractivity contribution >= 4 is 0 Å². The SMILES string of the molecule is CN1CC1C1CC1CCN. The first-order valence-electron chi connectivity index (χ1n) is 4.23. The van der Waals surface area contributed by atoms with Gasteiger partial charge in [0.2, 0.25) is 0 Å². The van der Waals surface area contributed by atoms with Gasteiger partial charge < -0.3 is 10.6 Å². The van der Waals surface area contributed by atoms with Crippen LogP contribution in [0, 0.1) is 11.8 Å². The third-order valence-electron chi connectivity index (χ3n) is 2.92. The summed E-state index contributed by atoms with van der Waals surface area (Å²) in [7, 11) is 2.21. The highest BCUT2D eigenvalue weighted by atomic mass is 15.3. The van der Waals surface area contributed by atoms with E-state index < -0.39 is 0 Å². The van der Waals surface area contributed by atoms with Crippen LogP contribution in [0.3, 0.4) is 0 Å². The average molecular weight is 140 g/mol. The van der Waals surface area contributed by atoms with Gasteiger partial charge in [-0.1, -0.05) is 0 Å². The van der Waals surface area contributed by atoms with E-state index >= 15 is 0 Å². The molecular weight excluding hydrogens is 124 g/mol. The predicted molar refractivity (Wildman–Crippen MR) is 41.7 cm³/mol. The van der Waals surface area contributed by atoms with E-state index in [4.69, 9.17) is 5.73 Å². The first kappa shape index (κ1) is 6.62. The molecule has 0 radical (unpaired) electrons. The maximum atomic E-state index is 5.47. The van der Waals surface area contributed by atoms with Gasteiger partial charge in [-0.25, -0.2) is 0 Å². The molecular formula is C8H16N2. The summed E-state index contributed by atoms with van der Waals surface area (Å²) in [5.74, 6) is 2.01. The quantitative estimate of drug-likeness (QED) is 0.571. The van der Waals surface area contributed by atoms with Gasteiger partial charge >= 0.3 is 0 Å². The third kappa shape index (κ3) is 1.06. The molecule has 4 unspecified atom stereocenters. The van der Waals surface area contributed by atoms with E-state index in [9.17, 15) is 0 Å². The van der Waals surface area contributed by atoms with Crippen LogP contribution < -0.4 is 5.73 Å². The van der Waals surface area contributed by atoms with Crippen molar-refractivity contribution in [1.82, 2.24) is 4.90 Å². The smallest absolute Gasteiger partial charge is 0.0251 e. The van der Waals surface area contributed by atoms with E-state index in [2.05, 4.69) is 11.9 Å². The average Bonchev–Trinajstić information content (AvgIpc) is 2.70. The van der Waals surface area contributed by atoms with Crippen LogP contribution in [0.1, 0.15) is 12.8 Å². The predicted octanol–water partition coefficient (Wildman–Crippen LogP) is 0.285. The topological polar surface area (TPSA) is 29.0 Å². The molecule has 0 aromatic carbocycles. The largest absolute Gasteiger partial charge is 0.330 e. The van der Waals surface area contributed by atoms with Crippen molar-refractivity contribution in [3.63, 3.8) is 0 Å². The Morgan fingerprint density at radius 2 is 2.30 bits per heavy atom. The van der Waals surface area contributed by atoms with E-state index in [1.54, 1.807) is 0 Å². The summed E-state index contributed by atoms with van der Waals surface area (Å²) in [5, 5.41) is 0. The maximum absolute atomic E-state index is 5.47. The lowest BCUT2D eigenvalue weighted by molar-refractivity contribution is 0.539. The number of nitrogens with two attached hydrogens (primary N) is 1. The minimum absolute atomic E-state index is 0.887. The van der Waals surface area contributed by atoms with E-state index in [-0.39, 0.29) is 0 Å². The molecule has 10 heavy (non-hydrogen) atoms. The summed E-state index contributed by atoms with van der Waals surface area (Å²) in [6.45, 7) is 2.23. The van der Waals surface area contributed by atoms with E-state index in [0.29, 0.717) is 0 Å². The molecule has 1 heterocycles. The molecule has 58 valence electrons. The molecule has 0 amide bonds. The van der Waals surface area contributed by atoms with Crippen LogP contribution in [0.15, 0.2) is 0 Å². The number of rotatable bonds is 3. The summed E-state index contributed by atoms with van der Waals surface area (Å²) in [5.41, 5.74) is 5.47. The Balaban J connectivity index is 1.70. The summed E-state index contributed by atoms with van der Waals surface area (Å²) in [4.78, 5) is 2.43. The summed E-state index contributed by atoms with van der Waals surface area (Å²) in [6, 6.07) is 0.941. The molecule has 4 atom stereocenters. The fraction of sp³-hybridized carbons (Fsp3) is 1.00. The van der Waals surface area contributed by atoms with Gasteiger partial charge in [-0.05, 0) is 38.3 Å². The van der Waals surface area contributed by atoms with Crippen molar-refractivity contribution in [2.75, 3.05) is 20.1 Å². The van der Waals surface area contributed by atoms with Crippen molar-refractivity contribution in [2.45, 2.75) is 18.9 Å². The van der Waals surface area contributed by atoms with Crippen LogP contribution in [0.4, 0.5) is 0 Å². The van der Waals surface area contributed by atoms with Gasteiger partial charge in [0.05, 0.1) is 0 Å². The fourth-order valence-corrected chi connectivity index (χ4v) is 2.00. The molecule has 1 saturated carbocycles. The van der Waals surface area contributed by atoms with Crippen molar-refractivity contribution < 1.29 is 0 Å². The lowest BCUT2D eigenvalue weighted by Crippen LogP contribution is -2.03. The molecule has 2 rings (SSSR count). The lowest BCUT2D eigenvalue weighted by atomic mass is 10.2. The van der Waals surface area contributed by atoms with Gasteiger partial charge in [0.15, 0.2) is 0 Å². The molecule has 1 aliphatic carbocycles. The van der Waals surface area contributed by atoms with Gasteiger partial charge in [0.25, 0.3) is 0 Å². The van der Waals surface area contributed by atoms with Crippen LogP contribution in [-0.4, -0.2) is 31.1 Å². The third-order valence-corrected chi connectivity index (χ3v) is 2.92. The lowest BCUT2D eigenvalue weighted by Gasteiger charge is -1.94. The summed E-state index contributed by atoms with van der Waals surface area (Å²) >= 11 is 0. The monoisotopic (exact) mass is 140 g/mol. The molecule has 0 aromatic rings. The minimum atomic E-state index is 0.887. The minimum Gasteiger partial charge on any atom is -0.330 e. The molecule has 2 nitrogen and oxygen atoms in total. The maximum Gasteiger partial charge on any atom is 0.0251 e. The van der Waals surface area contributed by atoms with Gasteiger partial charge in [-0.3, -0.25) is 0 Å². The summed E-state index contributed by atoms with van der Waals surface area (Å²) < 4.78 is 0. The van der Waals surface area contributed by atoms with Gasteiger partial charge in [-0.15, -0.1) is 0 Å². The van der Waals surface area contributed by atoms with E-state index in [1.165, 1.54) is 19.4 Å². The Bertz CT molecular complexity index is 135. The first-order chi connectivity index (χ1) is 4.83. The van der Waals surface area contributed by atoms with Crippen molar-refractivity contribution in [3.8, 4) is 0 Å². The number of likely N-dealkylation sites (N-methyl/N-ethyl adjacent to an activating group) is 1. The van der Waals surface area contributed by atoms with Crippen LogP contribution in [0.25, 0.3) is 0 Å². The van der Waals surface area contributed by atoms with Crippen molar-refractivity contribution in [1.29, 1.82) is 0 Å². The van der Waals surface area contributed by atoms with Crippen LogP contribution in [0.5, 0.6) is 0 Å². The molecule has 2 aliphatic rings. The van der Waals surface area contributed by atoms with E-state index in [1.807, 2.05) is 0 Å². The van der Waals surface area contributed by atoms with Crippen LogP contribution in [-0.2, 0) is 0 Å². The normalized spacial score (nSPS) is 51.0. The number of hydrogen-bond donors (Lipinski definition) is 1. The number of hydrogen-bond acceptors (Lipinski definition) is 2. The Labute approximate surface area is 62.4 Å². The highest BCUT2D eigenvalue weighted by Crippen LogP contribution is 2.48. The van der Waals surface area contributed by atoms with Gasteiger partial charge in [0.1, 0.15) is 0 Å². The fourth-order valence-electron chi connectivity index (χ4n) is 2.00. The van der Waals surface area contributed by atoms with Crippen molar-refractivity contribution in [2.24, 2.45) is 17.6 Å². The molecule has 2 heteroatoms. The molecule has 0 bridgehead atoms. The first-order valence-corrected chi connectivity index (χ1v) is 4.23. The Morgan fingerprint density at radius 1 is 1.60 bits per heavy atom. The highest BCUT2D eigenvalue weighted by molar-refractivity contribution is 5.03.